The highest BCUT2D eigenvalue weighted by molar-refractivity contribution is 7.99. The van der Waals surface area contributed by atoms with Gasteiger partial charge in [0.2, 0.25) is 0 Å². The molecule has 0 saturated heterocycles. The Balaban J connectivity index is 1.44. The van der Waals surface area contributed by atoms with Crippen LogP contribution in [-0.4, -0.2) is 50.0 Å². The fraction of sp³-hybridized carbons (Fsp3) is 0.261. The van der Waals surface area contributed by atoms with Gasteiger partial charge in [-0.2, -0.15) is 0 Å². The number of ether oxygens (including phenoxy) is 3. The van der Waals surface area contributed by atoms with E-state index in [4.69, 9.17) is 14.2 Å². The van der Waals surface area contributed by atoms with Gasteiger partial charge in [-0.05, 0) is 37.3 Å². The van der Waals surface area contributed by atoms with Crippen molar-refractivity contribution in [3.63, 3.8) is 0 Å². The summed E-state index contributed by atoms with van der Waals surface area (Å²) < 4.78 is 15.6. The minimum absolute atomic E-state index is 0.155. The molecule has 0 unspecified atom stereocenters. The molecule has 1 amide bonds. The Kier molecular flexibility index (Phi) is 8.52. The molecule has 7 nitrogen and oxygen atoms in total. The molecule has 0 aliphatic heterocycles. The Morgan fingerprint density at radius 1 is 1.06 bits per heavy atom. The number of nitrogens with one attached hydrogen (secondary N) is 1. The summed E-state index contributed by atoms with van der Waals surface area (Å²) in [6, 6.07) is 13.6. The van der Waals surface area contributed by atoms with E-state index < -0.39 is 5.97 Å². The number of rotatable bonds is 10. The number of hydrogen-bond acceptors (Lipinski definition) is 8. The van der Waals surface area contributed by atoms with Crippen molar-refractivity contribution in [2.75, 3.05) is 33.1 Å². The van der Waals surface area contributed by atoms with E-state index in [0.717, 1.165) is 16.2 Å². The summed E-state index contributed by atoms with van der Waals surface area (Å²) in [6.45, 7) is 2.17. The Labute approximate surface area is 195 Å². The van der Waals surface area contributed by atoms with Crippen molar-refractivity contribution in [2.24, 2.45) is 0 Å². The maximum Gasteiger partial charge on any atom is 0.358 e. The fourth-order valence-corrected chi connectivity index (χ4v) is 4.27. The minimum atomic E-state index is -0.642. The van der Waals surface area contributed by atoms with Crippen molar-refractivity contribution in [2.45, 2.75) is 11.8 Å². The average molecular weight is 473 g/mol. The number of methoxy groups -OCH3 is 2. The van der Waals surface area contributed by atoms with Crippen LogP contribution in [0.25, 0.3) is 10.6 Å². The predicted octanol–water partition coefficient (Wildman–Crippen LogP) is 4.20. The van der Waals surface area contributed by atoms with E-state index in [0.29, 0.717) is 23.1 Å². The second-order valence-electron chi connectivity index (χ2n) is 6.70. The summed E-state index contributed by atoms with van der Waals surface area (Å²) in [4.78, 5) is 29.7. The van der Waals surface area contributed by atoms with E-state index in [-0.39, 0.29) is 18.2 Å². The summed E-state index contributed by atoms with van der Waals surface area (Å²) in [6.07, 6.45) is 0. The Morgan fingerprint density at radius 2 is 1.81 bits per heavy atom. The van der Waals surface area contributed by atoms with Crippen LogP contribution in [0.1, 0.15) is 16.1 Å². The number of thiazole rings is 1. The molecule has 0 atom stereocenters. The summed E-state index contributed by atoms with van der Waals surface area (Å²) in [5.74, 6) is 0.913. The molecule has 3 rings (SSSR count). The molecule has 0 radical (unpaired) electrons. The molecule has 0 fully saturated rings. The van der Waals surface area contributed by atoms with E-state index in [9.17, 15) is 9.59 Å². The molecule has 32 heavy (non-hydrogen) atoms. The normalized spacial score (nSPS) is 10.5. The first-order chi connectivity index (χ1) is 15.5. The third-order valence-corrected chi connectivity index (χ3v) is 6.30. The molecule has 168 valence electrons. The zero-order chi connectivity index (χ0) is 22.9. The molecular weight excluding hydrogens is 448 g/mol. The predicted molar refractivity (Wildman–Crippen MR) is 126 cm³/mol. The lowest BCUT2D eigenvalue weighted by Crippen LogP contribution is -2.30. The van der Waals surface area contributed by atoms with Crippen molar-refractivity contribution in [3.05, 3.63) is 59.1 Å². The van der Waals surface area contributed by atoms with Crippen LogP contribution in [0.15, 0.2) is 52.7 Å². The van der Waals surface area contributed by atoms with E-state index in [1.54, 1.807) is 43.5 Å². The van der Waals surface area contributed by atoms with E-state index in [1.807, 2.05) is 25.1 Å². The van der Waals surface area contributed by atoms with Crippen LogP contribution in [0, 0.1) is 6.92 Å². The third kappa shape index (κ3) is 6.48. The van der Waals surface area contributed by atoms with Crippen LogP contribution in [-0.2, 0) is 9.53 Å². The molecule has 0 aliphatic carbocycles. The Bertz CT molecular complexity index is 1070. The average Bonchev–Trinajstić information content (AvgIpc) is 3.31. The molecule has 3 aromatic rings. The molecular formula is C23H24N2O5S2. The Morgan fingerprint density at radius 3 is 2.53 bits per heavy atom. The van der Waals surface area contributed by atoms with E-state index in [2.05, 4.69) is 22.4 Å². The standard InChI is InChI=1S/C23H24N2O5S2/c1-15-4-7-17(8-5-15)31-11-10-24-21(26)13-30-23(27)18-14-32-22(25-18)16-6-9-19(28-2)20(12-16)29-3/h4-9,12,14H,10-11,13H2,1-3H3,(H,24,26). The molecule has 0 bridgehead atoms. The van der Waals surface area contributed by atoms with E-state index >= 15 is 0 Å². The van der Waals surface area contributed by atoms with Gasteiger partial charge in [0, 0.05) is 28.1 Å². The molecule has 0 spiro atoms. The number of aromatic nitrogens is 1. The molecule has 1 N–H and O–H groups in total. The number of thioether (sulfide) groups is 1. The van der Waals surface area contributed by atoms with Gasteiger partial charge in [-0.1, -0.05) is 17.7 Å². The molecule has 9 heteroatoms. The molecule has 2 aromatic carbocycles. The van der Waals surface area contributed by atoms with Crippen LogP contribution in [0.2, 0.25) is 0 Å². The smallest absolute Gasteiger partial charge is 0.358 e. The van der Waals surface area contributed by atoms with Gasteiger partial charge in [0.05, 0.1) is 14.2 Å². The quantitative estimate of drug-likeness (QED) is 0.269. The maximum absolute atomic E-state index is 12.3. The van der Waals surface area contributed by atoms with Gasteiger partial charge in [0.15, 0.2) is 23.8 Å². The number of carbonyl (C=O) groups excluding carboxylic acids is 2. The second kappa shape index (κ2) is 11.5. The lowest BCUT2D eigenvalue weighted by Gasteiger charge is -2.08. The van der Waals surface area contributed by atoms with Crippen molar-refractivity contribution in [1.29, 1.82) is 0 Å². The van der Waals surface area contributed by atoms with Crippen LogP contribution in [0.3, 0.4) is 0 Å². The number of hydrogen-bond donors (Lipinski definition) is 1. The molecule has 0 aliphatic rings. The van der Waals surface area contributed by atoms with Gasteiger partial charge in [0.25, 0.3) is 5.91 Å². The van der Waals surface area contributed by atoms with Gasteiger partial charge >= 0.3 is 5.97 Å². The highest BCUT2D eigenvalue weighted by atomic mass is 32.2. The highest BCUT2D eigenvalue weighted by Gasteiger charge is 2.16. The SMILES string of the molecule is COc1ccc(-c2nc(C(=O)OCC(=O)NCCSc3ccc(C)cc3)cs2)cc1OC. The van der Waals surface area contributed by atoms with Crippen molar-refractivity contribution < 1.29 is 23.8 Å². The highest BCUT2D eigenvalue weighted by Crippen LogP contribution is 2.33. The lowest BCUT2D eigenvalue weighted by molar-refractivity contribution is -0.124. The summed E-state index contributed by atoms with van der Waals surface area (Å²) in [5.41, 5.74) is 2.15. The van der Waals surface area contributed by atoms with E-state index in [1.165, 1.54) is 16.9 Å². The van der Waals surface area contributed by atoms with Crippen LogP contribution >= 0.6 is 23.1 Å². The van der Waals surface area contributed by atoms with Crippen molar-refractivity contribution in [3.8, 4) is 22.1 Å². The number of esters is 1. The topological polar surface area (TPSA) is 86.8 Å². The lowest BCUT2D eigenvalue weighted by atomic mass is 10.2. The number of benzene rings is 2. The number of carbonyl (C=O) groups is 2. The van der Waals surface area contributed by atoms with Crippen LogP contribution < -0.4 is 14.8 Å². The zero-order valence-corrected chi connectivity index (χ0v) is 19.7. The number of aryl methyl sites for hydroxylation is 1. The first kappa shape index (κ1) is 23.6. The first-order valence-electron chi connectivity index (χ1n) is 9.81. The largest absolute Gasteiger partial charge is 0.493 e. The van der Waals surface area contributed by atoms with Gasteiger partial charge in [-0.25, -0.2) is 9.78 Å². The Hall–Kier alpha value is -3.04. The first-order valence-corrected chi connectivity index (χ1v) is 11.7. The van der Waals surface area contributed by atoms with Gasteiger partial charge in [0.1, 0.15) is 5.01 Å². The molecule has 0 saturated carbocycles. The minimum Gasteiger partial charge on any atom is -0.493 e. The number of nitrogens with zero attached hydrogens (tertiary/aromatic N) is 1. The van der Waals surface area contributed by atoms with Crippen molar-refractivity contribution >= 4 is 35.0 Å². The van der Waals surface area contributed by atoms with Gasteiger partial charge in [-0.15, -0.1) is 23.1 Å². The second-order valence-corrected chi connectivity index (χ2v) is 8.72. The van der Waals surface area contributed by atoms with Crippen LogP contribution in [0.4, 0.5) is 0 Å². The molecule has 1 aromatic heterocycles. The van der Waals surface area contributed by atoms with Crippen molar-refractivity contribution in [1.82, 2.24) is 10.3 Å². The summed E-state index contributed by atoms with van der Waals surface area (Å²) >= 11 is 2.95. The number of amides is 1. The van der Waals surface area contributed by atoms with Gasteiger partial charge < -0.3 is 19.5 Å². The summed E-state index contributed by atoms with van der Waals surface area (Å²) in [7, 11) is 3.12. The molecule has 1 heterocycles. The van der Waals surface area contributed by atoms with Crippen LogP contribution in [0.5, 0.6) is 11.5 Å². The third-order valence-electron chi connectivity index (χ3n) is 4.39. The maximum atomic E-state index is 12.3. The monoisotopic (exact) mass is 472 g/mol. The zero-order valence-electron chi connectivity index (χ0n) is 18.0. The fourth-order valence-electron chi connectivity index (χ4n) is 2.72. The summed E-state index contributed by atoms with van der Waals surface area (Å²) in [5, 5.41) is 4.98. The van der Waals surface area contributed by atoms with Gasteiger partial charge in [-0.3, -0.25) is 4.79 Å².